The molecule has 1 heterocycles. The molecule has 0 radical (unpaired) electrons. The van der Waals surface area contributed by atoms with Gasteiger partial charge in [0.15, 0.2) is 5.58 Å². The van der Waals surface area contributed by atoms with Crippen LogP contribution in [0.5, 0.6) is 0 Å². The first-order valence-electron chi connectivity index (χ1n) is 8.07. The van der Waals surface area contributed by atoms with Crippen LogP contribution in [-0.4, -0.2) is 11.1 Å². The fourth-order valence-corrected chi connectivity index (χ4v) is 2.73. The Morgan fingerprint density at radius 1 is 1.19 bits per heavy atom. The normalized spacial score (nSPS) is 12.9. The van der Waals surface area contributed by atoms with E-state index in [0.717, 1.165) is 37.7 Å². The lowest BCUT2D eigenvalue weighted by molar-refractivity contribution is 0.490. The molecule has 1 aromatic heterocycles. The minimum Gasteiger partial charge on any atom is -0.408 e. The Hall–Kier alpha value is -1.55. The number of hydrogen-bond acceptors (Lipinski definition) is 3. The first-order valence-corrected chi connectivity index (χ1v) is 8.07. The monoisotopic (exact) mass is 290 g/mol. The van der Waals surface area contributed by atoms with Crippen LogP contribution in [0.4, 0.5) is 0 Å². The van der Waals surface area contributed by atoms with Gasteiger partial charge in [0.25, 0.3) is 0 Å². The van der Waals surface area contributed by atoms with Gasteiger partial charge in [0.05, 0.1) is 5.52 Å². The van der Waals surface area contributed by atoms with Gasteiger partial charge in [-0.3, -0.25) is 4.57 Å². The first kappa shape index (κ1) is 15.8. The molecule has 21 heavy (non-hydrogen) atoms. The second-order valence-electron chi connectivity index (χ2n) is 5.54. The van der Waals surface area contributed by atoms with Crippen LogP contribution in [0.3, 0.4) is 0 Å². The molecular formula is C17H26N2O2. The predicted octanol–water partition coefficient (Wildman–Crippen LogP) is 3.85. The first-order chi connectivity index (χ1) is 10.2. The van der Waals surface area contributed by atoms with E-state index < -0.39 is 0 Å². The Labute approximate surface area is 126 Å². The molecular weight excluding hydrogens is 264 g/mol. The molecule has 0 spiro atoms. The fourth-order valence-electron chi connectivity index (χ4n) is 2.73. The molecule has 1 unspecified atom stereocenters. The van der Waals surface area contributed by atoms with Gasteiger partial charge in [0.2, 0.25) is 0 Å². The minimum atomic E-state index is -0.252. The highest BCUT2D eigenvalue weighted by Crippen LogP contribution is 2.23. The third-order valence-electron chi connectivity index (χ3n) is 3.76. The maximum Gasteiger partial charge on any atom is 0.419 e. The Morgan fingerprint density at radius 3 is 2.67 bits per heavy atom. The molecule has 0 aliphatic rings. The van der Waals surface area contributed by atoms with E-state index in [1.54, 1.807) is 4.57 Å². The van der Waals surface area contributed by atoms with E-state index in [9.17, 15) is 4.79 Å². The molecule has 0 aliphatic carbocycles. The molecule has 2 aromatic rings. The van der Waals surface area contributed by atoms with Gasteiger partial charge in [-0.25, -0.2) is 4.79 Å². The van der Waals surface area contributed by atoms with Gasteiger partial charge >= 0.3 is 5.76 Å². The molecule has 0 bridgehead atoms. The summed E-state index contributed by atoms with van der Waals surface area (Å²) in [6, 6.07) is 6.49. The molecule has 0 fully saturated rings. The minimum absolute atomic E-state index is 0.252. The highest BCUT2D eigenvalue weighted by Gasteiger charge is 2.14. The lowest BCUT2D eigenvalue weighted by atomic mass is 10.0. The molecule has 0 saturated carbocycles. The number of nitrogens with zero attached hydrogens (tertiary/aromatic N) is 1. The van der Waals surface area contributed by atoms with E-state index in [1.807, 2.05) is 12.1 Å². The average molecular weight is 290 g/mol. The van der Waals surface area contributed by atoms with Crippen LogP contribution in [0.2, 0.25) is 0 Å². The van der Waals surface area contributed by atoms with Crippen molar-refractivity contribution in [1.29, 1.82) is 0 Å². The van der Waals surface area contributed by atoms with Crippen molar-refractivity contribution in [2.75, 3.05) is 6.54 Å². The quantitative estimate of drug-likeness (QED) is 0.803. The molecule has 116 valence electrons. The number of aromatic nitrogens is 1. The zero-order valence-electron chi connectivity index (χ0n) is 13.3. The van der Waals surface area contributed by atoms with Gasteiger partial charge in [0.1, 0.15) is 0 Å². The number of benzene rings is 1. The number of aryl methyl sites for hydroxylation is 1. The van der Waals surface area contributed by atoms with Gasteiger partial charge in [-0.2, -0.15) is 0 Å². The van der Waals surface area contributed by atoms with Crippen molar-refractivity contribution in [3.63, 3.8) is 0 Å². The van der Waals surface area contributed by atoms with Crippen molar-refractivity contribution in [2.45, 2.75) is 59.0 Å². The van der Waals surface area contributed by atoms with Crippen molar-refractivity contribution >= 4 is 11.1 Å². The zero-order valence-corrected chi connectivity index (χ0v) is 13.3. The summed E-state index contributed by atoms with van der Waals surface area (Å²) in [6.07, 6.45) is 4.25. The number of oxazole rings is 1. The summed E-state index contributed by atoms with van der Waals surface area (Å²) >= 11 is 0. The summed E-state index contributed by atoms with van der Waals surface area (Å²) in [5, 5.41) is 3.57. The molecule has 1 N–H and O–H groups in total. The summed E-state index contributed by atoms with van der Waals surface area (Å²) < 4.78 is 7.12. The average Bonchev–Trinajstić information content (AvgIpc) is 2.79. The second kappa shape index (κ2) is 7.46. The Morgan fingerprint density at radius 2 is 2.00 bits per heavy atom. The van der Waals surface area contributed by atoms with E-state index in [1.165, 1.54) is 5.56 Å². The molecule has 1 aromatic carbocycles. The van der Waals surface area contributed by atoms with E-state index >= 15 is 0 Å². The highest BCUT2D eigenvalue weighted by molar-refractivity contribution is 5.74. The third kappa shape index (κ3) is 3.56. The molecule has 0 amide bonds. The molecule has 2 rings (SSSR count). The van der Waals surface area contributed by atoms with Gasteiger partial charge in [0, 0.05) is 12.6 Å². The van der Waals surface area contributed by atoms with Crippen LogP contribution < -0.4 is 11.1 Å². The van der Waals surface area contributed by atoms with Crippen molar-refractivity contribution in [2.24, 2.45) is 0 Å². The van der Waals surface area contributed by atoms with Crippen LogP contribution in [0.25, 0.3) is 11.1 Å². The smallest absolute Gasteiger partial charge is 0.408 e. The standard InChI is InChI=1S/C17H26N2O2/c1-4-7-14(18-10-5-2)13-8-9-15-16(12-13)21-17(20)19(15)11-6-3/h8-9,12,14,18H,4-7,10-11H2,1-3H3. The number of nitrogens with one attached hydrogen (secondary N) is 1. The van der Waals surface area contributed by atoms with Crippen LogP contribution in [0, 0.1) is 0 Å². The van der Waals surface area contributed by atoms with Crippen LogP contribution in [0.15, 0.2) is 27.4 Å². The fraction of sp³-hybridized carbons (Fsp3) is 0.588. The Kier molecular flexibility index (Phi) is 5.62. The summed E-state index contributed by atoms with van der Waals surface area (Å²) in [6.45, 7) is 8.13. The topological polar surface area (TPSA) is 47.2 Å². The van der Waals surface area contributed by atoms with Crippen molar-refractivity contribution in [3.8, 4) is 0 Å². The van der Waals surface area contributed by atoms with Crippen LogP contribution in [0.1, 0.15) is 58.1 Å². The summed E-state index contributed by atoms with van der Waals surface area (Å²) in [7, 11) is 0. The highest BCUT2D eigenvalue weighted by atomic mass is 16.4. The predicted molar refractivity (Wildman–Crippen MR) is 86.7 cm³/mol. The van der Waals surface area contributed by atoms with Gasteiger partial charge < -0.3 is 9.73 Å². The second-order valence-corrected chi connectivity index (χ2v) is 5.54. The summed E-state index contributed by atoms with van der Waals surface area (Å²) in [5.74, 6) is -0.252. The van der Waals surface area contributed by atoms with Gasteiger partial charge in [-0.05, 0) is 43.5 Å². The maximum absolute atomic E-state index is 11.9. The van der Waals surface area contributed by atoms with Crippen LogP contribution >= 0.6 is 0 Å². The van der Waals surface area contributed by atoms with E-state index in [-0.39, 0.29) is 5.76 Å². The van der Waals surface area contributed by atoms with Gasteiger partial charge in [-0.1, -0.05) is 33.3 Å². The molecule has 4 heteroatoms. The Balaban J connectivity index is 2.34. The van der Waals surface area contributed by atoms with Crippen LogP contribution in [-0.2, 0) is 6.54 Å². The number of fused-ring (bicyclic) bond motifs is 1. The molecule has 4 nitrogen and oxygen atoms in total. The summed E-state index contributed by atoms with van der Waals surface area (Å²) in [5.41, 5.74) is 2.80. The number of rotatable bonds is 8. The third-order valence-corrected chi connectivity index (χ3v) is 3.76. The molecule has 1 atom stereocenters. The maximum atomic E-state index is 11.9. The van der Waals surface area contributed by atoms with E-state index in [4.69, 9.17) is 4.42 Å². The van der Waals surface area contributed by atoms with E-state index in [0.29, 0.717) is 18.2 Å². The SMILES string of the molecule is CCCNC(CCC)c1ccc2c(c1)oc(=O)n2CCC. The Bertz CT molecular complexity index is 627. The summed E-state index contributed by atoms with van der Waals surface area (Å²) in [4.78, 5) is 11.9. The molecule has 0 saturated heterocycles. The van der Waals surface area contributed by atoms with Gasteiger partial charge in [-0.15, -0.1) is 0 Å². The molecule has 0 aliphatic heterocycles. The largest absolute Gasteiger partial charge is 0.419 e. The van der Waals surface area contributed by atoms with E-state index in [2.05, 4.69) is 32.2 Å². The van der Waals surface area contributed by atoms with Crippen molar-refractivity contribution in [3.05, 3.63) is 34.3 Å². The number of hydrogen-bond donors (Lipinski definition) is 1. The van der Waals surface area contributed by atoms with Crippen molar-refractivity contribution in [1.82, 2.24) is 9.88 Å². The van der Waals surface area contributed by atoms with Crippen molar-refractivity contribution < 1.29 is 4.42 Å². The lowest BCUT2D eigenvalue weighted by Crippen LogP contribution is -2.21. The lowest BCUT2D eigenvalue weighted by Gasteiger charge is -2.18. The zero-order chi connectivity index (χ0) is 15.2.